The molecule has 6 atom stereocenters. The number of thioether (sulfide) groups is 1. The molecule has 1 aliphatic carbocycles. The lowest BCUT2D eigenvalue weighted by Crippen LogP contribution is -2.63. The molecule has 3 aliphatic heterocycles. The number of aliphatic carboxylic acids is 1. The van der Waals surface area contributed by atoms with Gasteiger partial charge in [-0.25, -0.2) is 4.79 Å². The zero-order valence-corrected chi connectivity index (χ0v) is 18.1. The van der Waals surface area contributed by atoms with Gasteiger partial charge in [-0.2, -0.15) is 0 Å². The Morgan fingerprint density at radius 3 is 2.52 bits per heavy atom. The van der Waals surface area contributed by atoms with E-state index in [0.717, 1.165) is 19.4 Å². The van der Waals surface area contributed by atoms with Crippen LogP contribution in [0.3, 0.4) is 0 Å². The second-order valence-corrected chi connectivity index (χ2v) is 10.8. The third-order valence-electron chi connectivity index (χ3n) is 6.84. The second-order valence-electron chi connectivity index (χ2n) is 9.51. The number of amides is 2. The Bertz CT molecular complexity index is 791. The van der Waals surface area contributed by atoms with Crippen LogP contribution in [0.2, 0.25) is 0 Å². The number of nitrogens with one attached hydrogen (secondary N) is 1. The lowest BCUT2D eigenvalue weighted by atomic mass is 9.79. The number of quaternary nitrogens is 1. The molecule has 0 aromatic rings. The third-order valence-corrected chi connectivity index (χ3v) is 8.33. The standard InChI is InChI=1S/C20H29N3O5S/c1-9-15-14(10(2)24)19(26)22(15)16(20(27)28)17(9)29-12-7-13(23(3,4)8-12)18(25)21-11-5-6-11/h9-15,24H,5-8H2,1-4H3,(H-,21,25,27,28)/p+1/t9-,10-,12+,13+,14-,15-/m1/s1. The van der Waals surface area contributed by atoms with Crippen molar-refractivity contribution >= 4 is 29.5 Å². The zero-order chi connectivity index (χ0) is 21.2. The van der Waals surface area contributed by atoms with E-state index in [9.17, 15) is 24.6 Å². The van der Waals surface area contributed by atoms with Crippen LogP contribution in [0.4, 0.5) is 0 Å². The van der Waals surface area contributed by atoms with Gasteiger partial charge in [-0.3, -0.25) is 9.59 Å². The lowest BCUT2D eigenvalue weighted by Gasteiger charge is -2.46. The molecule has 0 aromatic carbocycles. The molecule has 0 spiro atoms. The van der Waals surface area contributed by atoms with Crippen LogP contribution in [0.5, 0.6) is 0 Å². The Hall–Kier alpha value is -1.58. The first-order valence-corrected chi connectivity index (χ1v) is 11.2. The second kappa shape index (κ2) is 6.99. The summed E-state index contributed by atoms with van der Waals surface area (Å²) in [5.74, 6) is -2.02. The molecule has 9 heteroatoms. The topological polar surface area (TPSA) is 107 Å². The van der Waals surface area contributed by atoms with Gasteiger partial charge in [-0.15, -0.1) is 11.8 Å². The van der Waals surface area contributed by atoms with Gasteiger partial charge >= 0.3 is 5.97 Å². The minimum Gasteiger partial charge on any atom is -0.477 e. The van der Waals surface area contributed by atoms with Crippen LogP contribution in [-0.2, 0) is 14.4 Å². The van der Waals surface area contributed by atoms with E-state index in [-0.39, 0.29) is 40.8 Å². The molecule has 2 saturated heterocycles. The largest absolute Gasteiger partial charge is 0.477 e. The van der Waals surface area contributed by atoms with Gasteiger partial charge in [-0.05, 0) is 19.8 Å². The normalized spacial score (nSPS) is 36.7. The highest BCUT2D eigenvalue weighted by Crippen LogP contribution is 2.52. The van der Waals surface area contributed by atoms with Crippen molar-refractivity contribution in [2.45, 2.75) is 62.6 Å². The summed E-state index contributed by atoms with van der Waals surface area (Å²) in [5.41, 5.74) is 0.0607. The fourth-order valence-electron chi connectivity index (χ4n) is 5.15. The van der Waals surface area contributed by atoms with Crippen LogP contribution in [0, 0.1) is 11.8 Å². The van der Waals surface area contributed by atoms with E-state index < -0.39 is 18.0 Å². The maximum atomic E-state index is 12.7. The van der Waals surface area contributed by atoms with Crippen LogP contribution in [-0.4, -0.2) is 87.5 Å². The fraction of sp³-hybridized carbons (Fsp3) is 0.750. The van der Waals surface area contributed by atoms with E-state index in [1.54, 1.807) is 6.92 Å². The van der Waals surface area contributed by atoms with Crippen LogP contribution < -0.4 is 5.32 Å². The molecule has 8 nitrogen and oxygen atoms in total. The first-order valence-electron chi connectivity index (χ1n) is 10.3. The number of nitrogens with zero attached hydrogens (tertiary/aromatic N) is 2. The number of carboxylic acids is 1. The number of aliphatic hydroxyl groups is 1. The molecule has 1 saturated carbocycles. The van der Waals surface area contributed by atoms with Crippen molar-refractivity contribution in [1.29, 1.82) is 0 Å². The maximum absolute atomic E-state index is 12.7. The quantitative estimate of drug-likeness (QED) is 0.420. The van der Waals surface area contributed by atoms with E-state index >= 15 is 0 Å². The number of carbonyl (C=O) groups excluding carboxylic acids is 2. The summed E-state index contributed by atoms with van der Waals surface area (Å²) in [4.78, 5) is 39.2. The first-order chi connectivity index (χ1) is 13.5. The summed E-state index contributed by atoms with van der Waals surface area (Å²) in [6.45, 7) is 4.28. The molecule has 160 valence electrons. The molecule has 3 N–H and O–H groups in total. The number of carboxylic acid groups (broad SMARTS) is 1. The number of fused-ring (bicyclic) bond motifs is 1. The van der Waals surface area contributed by atoms with Gasteiger partial charge in [-0.1, -0.05) is 6.92 Å². The predicted molar refractivity (Wildman–Crippen MR) is 108 cm³/mol. The van der Waals surface area contributed by atoms with E-state index in [2.05, 4.69) is 5.32 Å². The number of hydrogen-bond acceptors (Lipinski definition) is 5. The summed E-state index contributed by atoms with van der Waals surface area (Å²) in [7, 11) is 4.09. The molecule has 0 radical (unpaired) electrons. The van der Waals surface area contributed by atoms with Crippen molar-refractivity contribution in [3.63, 3.8) is 0 Å². The average Bonchev–Trinajstić information content (AvgIpc) is 3.30. The Kier molecular flexibility index (Phi) is 4.99. The minimum absolute atomic E-state index is 0.0607. The monoisotopic (exact) mass is 424 g/mol. The predicted octanol–water partition coefficient (Wildman–Crippen LogP) is 0.369. The van der Waals surface area contributed by atoms with Crippen molar-refractivity contribution in [1.82, 2.24) is 10.2 Å². The highest BCUT2D eigenvalue weighted by Gasteiger charge is 2.60. The van der Waals surface area contributed by atoms with Crippen molar-refractivity contribution in [2.75, 3.05) is 20.6 Å². The number of hydrogen-bond donors (Lipinski definition) is 3. The van der Waals surface area contributed by atoms with E-state index in [4.69, 9.17) is 0 Å². The van der Waals surface area contributed by atoms with Gasteiger partial charge in [0, 0.05) is 23.3 Å². The highest BCUT2D eigenvalue weighted by atomic mass is 32.2. The molecular formula is C20H30N3O5S+. The maximum Gasteiger partial charge on any atom is 0.353 e. The average molecular weight is 425 g/mol. The van der Waals surface area contributed by atoms with E-state index in [1.165, 1.54) is 16.7 Å². The van der Waals surface area contributed by atoms with Gasteiger partial charge < -0.3 is 24.9 Å². The van der Waals surface area contributed by atoms with Gasteiger partial charge in [0.1, 0.15) is 5.70 Å². The van der Waals surface area contributed by atoms with Gasteiger partial charge in [0.2, 0.25) is 5.91 Å². The zero-order valence-electron chi connectivity index (χ0n) is 17.3. The van der Waals surface area contributed by atoms with Crippen molar-refractivity contribution in [2.24, 2.45) is 11.8 Å². The Morgan fingerprint density at radius 1 is 1.31 bits per heavy atom. The number of β-lactam (4-membered cyclic amide) rings is 1. The van der Waals surface area contributed by atoms with Crippen molar-refractivity contribution in [3.05, 3.63) is 10.6 Å². The fourth-order valence-corrected chi connectivity index (χ4v) is 6.90. The van der Waals surface area contributed by atoms with Crippen LogP contribution >= 0.6 is 11.8 Å². The number of likely N-dealkylation sites (N-methyl/N-ethyl adjacent to an activating group) is 1. The molecule has 0 aromatic heterocycles. The highest BCUT2D eigenvalue weighted by molar-refractivity contribution is 8.03. The van der Waals surface area contributed by atoms with Crippen molar-refractivity contribution in [3.8, 4) is 0 Å². The Morgan fingerprint density at radius 2 is 1.97 bits per heavy atom. The molecule has 3 heterocycles. The van der Waals surface area contributed by atoms with E-state index in [0.29, 0.717) is 21.9 Å². The molecule has 29 heavy (non-hydrogen) atoms. The summed E-state index contributed by atoms with van der Waals surface area (Å²) in [6, 6.07) is -0.131. The van der Waals surface area contributed by atoms with E-state index in [1.807, 2.05) is 21.0 Å². The molecule has 2 amide bonds. The van der Waals surface area contributed by atoms with Crippen LogP contribution in [0.1, 0.15) is 33.1 Å². The molecule has 4 aliphatic rings. The Labute approximate surface area is 174 Å². The van der Waals surface area contributed by atoms with Gasteiger partial charge in [0.25, 0.3) is 5.91 Å². The summed E-state index contributed by atoms with van der Waals surface area (Å²) in [6.07, 6.45) is 1.97. The Balaban J connectivity index is 1.53. The molecule has 0 unspecified atom stereocenters. The van der Waals surface area contributed by atoms with Crippen LogP contribution in [0.15, 0.2) is 10.6 Å². The van der Waals surface area contributed by atoms with Gasteiger partial charge in [0.05, 0.1) is 44.0 Å². The molecule has 4 rings (SSSR count). The smallest absolute Gasteiger partial charge is 0.353 e. The third kappa shape index (κ3) is 3.37. The van der Waals surface area contributed by atoms with Crippen molar-refractivity contribution < 1.29 is 29.1 Å². The first kappa shape index (κ1) is 20.7. The van der Waals surface area contributed by atoms with Gasteiger partial charge in [0.15, 0.2) is 6.04 Å². The SMILES string of the molecule is C[C@@H](O)[C@H]1C(=O)N2C(C(=O)O)=C(S[C@H]3C[C@@H](C(=O)NC4CC4)[N+](C)(C)C3)[C@H](C)[C@H]12. The van der Waals surface area contributed by atoms with Crippen LogP contribution in [0.25, 0.3) is 0 Å². The summed E-state index contributed by atoms with van der Waals surface area (Å²) >= 11 is 1.51. The summed E-state index contributed by atoms with van der Waals surface area (Å²) in [5, 5.41) is 23.0. The molecular weight excluding hydrogens is 394 g/mol. The number of aliphatic hydroxyl groups excluding tert-OH is 1. The molecule has 0 bridgehead atoms. The number of likely N-dealkylation sites (tertiary alicyclic amines) is 1. The minimum atomic E-state index is -1.10. The number of carbonyl (C=O) groups is 3. The lowest BCUT2D eigenvalue weighted by molar-refractivity contribution is -0.892. The number of rotatable bonds is 6. The molecule has 3 fully saturated rings. The summed E-state index contributed by atoms with van der Waals surface area (Å²) < 4.78 is 0.572.